The first kappa shape index (κ1) is 37.2. The fraction of sp³-hybridized carbons (Fsp3) is 0.452. The Morgan fingerprint density at radius 1 is 0.867 bits per heavy atom. The van der Waals surface area contributed by atoms with E-state index in [1.807, 2.05) is 32.0 Å². The molecule has 0 heterocycles. The van der Waals surface area contributed by atoms with Gasteiger partial charge in [-0.05, 0) is 55.0 Å². The van der Waals surface area contributed by atoms with E-state index >= 15 is 0 Å². The quantitative estimate of drug-likeness (QED) is 0.132. The maximum atomic E-state index is 13.4. The van der Waals surface area contributed by atoms with Crippen molar-refractivity contribution in [1.29, 1.82) is 0 Å². The summed E-state index contributed by atoms with van der Waals surface area (Å²) >= 11 is 10.4. The number of methoxy groups -OCH3 is 2. The molecule has 0 radical (unpaired) electrons. The van der Waals surface area contributed by atoms with Gasteiger partial charge in [-0.3, -0.25) is 24.0 Å². The summed E-state index contributed by atoms with van der Waals surface area (Å²) < 4.78 is 10.4. The van der Waals surface area contributed by atoms with Crippen molar-refractivity contribution in [2.75, 3.05) is 26.5 Å². The molecule has 2 aromatic carbocycles. The highest BCUT2D eigenvalue weighted by atomic mass is 35.5. The van der Waals surface area contributed by atoms with E-state index < -0.39 is 54.1 Å². The SMILES string of the molecule is COc1ccc(C(=O)N[C@@H](CCC(=O)O)C(=O)N[C@@H](CC(C)C)C(=O)N[C@@H](CS)C(=O)NCCc2ccccc2Cl)cc1OC. The second-order valence-corrected chi connectivity index (χ2v) is 11.4. The summed E-state index contributed by atoms with van der Waals surface area (Å²) in [6.45, 7) is 3.98. The van der Waals surface area contributed by atoms with Gasteiger partial charge in [0.2, 0.25) is 17.7 Å². The summed E-state index contributed by atoms with van der Waals surface area (Å²) in [6.07, 6.45) is 0.0441. The summed E-state index contributed by atoms with van der Waals surface area (Å²) in [4.78, 5) is 63.9. The monoisotopic (exact) mass is 664 g/mol. The third kappa shape index (κ3) is 12.1. The summed E-state index contributed by atoms with van der Waals surface area (Å²) in [6, 6.07) is 8.32. The summed E-state index contributed by atoms with van der Waals surface area (Å²) in [5.74, 6) is -3.02. The molecule has 3 atom stereocenters. The topological polar surface area (TPSA) is 172 Å². The largest absolute Gasteiger partial charge is 0.493 e. The minimum Gasteiger partial charge on any atom is -0.493 e. The highest BCUT2D eigenvalue weighted by Crippen LogP contribution is 2.27. The zero-order valence-corrected chi connectivity index (χ0v) is 27.4. The predicted molar refractivity (Wildman–Crippen MR) is 173 cm³/mol. The van der Waals surface area contributed by atoms with Crippen LogP contribution in [0.5, 0.6) is 11.5 Å². The summed E-state index contributed by atoms with van der Waals surface area (Å²) in [7, 11) is 2.85. The van der Waals surface area contributed by atoms with Gasteiger partial charge in [-0.1, -0.05) is 43.6 Å². The number of hydrogen-bond donors (Lipinski definition) is 6. The Morgan fingerprint density at radius 2 is 1.51 bits per heavy atom. The van der Waals surface area contributed by atoms with Crippen LogP contribution in [0.25, 0.3) is 0 Å². The Kier molecular flexibility index (Phi) is 15.5. The molecular formula is C31H41ClN4O8S. The van der Waals surface area contributed by atoms with Crippen molar-refractivity contribution in [2.24, 2.45) is 5.92 Å². The second kappa shape index (κ2) is 18.7. The number of carboxylic acids is 1. The molecule has 0 aliphatic rings. The molecule has 12 nitrogen and oxygen atoms in total. The first-order valence-corrected chi connectivity index (χ1v) is 15.4. The third-order valence-electron chi connectivity index (χ3n) is 6.72. The van der Waals surface area contributed by atoms with E-state index in [0.29, 0.717) is 17.2 Å². The number of aliphatic carboxylic acids is 1. The number of hydrogen-bond acceptors (Lipinski definition) is 8. The average Bonchev–Trinajstić information content (AvgIpc) is 3.01. The molecule has 0 aliphatic heterocycles. The Labute approximate surface area is 273 Å². The van der Waals surface area contributed by atoms with Gasteiger partial charge in [0.15, 0.2) is 11.5 Å². The van der Waals surface area contributed by atoms with E-state index in [2.05, 4.69) is 33.9 Å². The lowest BCUT2D eigenvalue weighted by Crippen LogP contribution is -2.57. The van der Waals surface area contributed by atoms with Gasteiger partial charge in [0.1, 0.15) is 18.1 Å². The third-order valence-corrected chi connectivity index (χ3v) is 7.46. The Balaban J connectivity index is 2.13. The average molecular weight is 665 g/mol. The van der Waals surface area contributed by atoms with Crippen LogP contribution in [0.1, 0.15) is 49.0 Å². The Hall–Kier alpha value is -3.97. The Morgan fingerprint density at radius 3 is 2.11 bits per heavy atom. The molecule has 0 unspecified atom stereocenters. The summed E-state index contributed by atoms with van der Waals surface area (Å²) in [5, 5.41) is 20.4. The van der Waals surface area contributed by atoms with Crippen LogP contribution >= 0.6 is 24.2 Å². The van der Waals surface area contributed by atoms with Gasteiger partial charge in [0.05, 0.1) is 14.2 Å². The molecule has 0 aromatic heterocycles. The van der Waals surface area contributed by atoms with Gasteiger partial charge in [0, 0.05) is 29.3 Å². The maximum Gasteiger partial charge on any atom is 0.303 e. The molecule has 0 fully saturated rings. The Bertz CT molecular complexity index is 1340. The van der Waals surface area contributed by atoms with Crippen LogP contribution in [0, 0.1) is 5.92 Å². The maximum absolute atomic E-state index is 13.4. The lowest BCUT2D eigenvalue weighted by molar-refractivity contribution is -0.137. The van der Waals surface area contributed by atoms with Crippen LogP contribution < -0.4 is 30.7 Å². The molecule has 0 saturated heterocycles. The molecular weight excluding hydrogens is 624 g/mol. The highest BCUT2D eigenvalue weighted by Gasteiger charge is 2.30. The minimum atomic E-state index is -1.28. The van der Waals surface area contributed by atoms with Crippen LogP contribution in [-0.4, -0.2) is 79.3 Å². The normalized spacial score (nSPS) is 12.8. The van der Waals surface area contributed by atoms with Crippen molar-refractivity contribution in [3.63, 3.8) is 0 Å². The first-order chi connectivity index (χ1) is 21.4. The van der Waals surface area contributed by atoms with Gasteiger partial charge in [-0.25, -0.2) is 0 Å². The molecule has 5 N–H and O–H groups in total. The number of amides is 4. The molecule has 2 aromatic rings. The lowest BCUT2D eigenvalue weighted by Gasteiger charge is -2.26. The zero-order chi connectivity index (χ0) is 33.5. The van der Waals surface area contributed by atoms with Crippen molar-refractivity contribution in [3.8, 4) is 11.5 Å². The molecule has 14 heteroatoms. The number of ether oxygens (including phenoxy) is 2. The molecule has 4 amide bonds. The molecule has 2 rings (SSSR count). The van der Waals surface area contributed by atoms with E-state index in [-0.39, 0.29) is 42.4 Å². The van der Waals surface area contributed by atoms with E-state index in [4.69, 9.17) is 21.1 Å². The lowest BCUT2D eigenvalue weighted by atomic mass is 10.0. The zero-order valence-electron chi connectivity index (χ0n) is 25.7. The number of carboxylic acid groups (broad SMARTS) is 1. The van der Waals surface area contributed by atoms with Crippen molar-refractivity contribution in [3.05, 3.63) is 58.6 Å². The molecule has 0 spiro atoms. The first-order valence-electron chi connectivity index (χ1n) is 14.4. The van der Waals surface area contributed by atoms with Gasteiger partial charge in [0.25, 0.3) is 5.91 Å². The van der Waals surface area contributed by atoms with E-state index in [0.717, 1.165) is 5.56 Å². The molecule has 45 heavy (non-hydrogen) atoms. The fourth-order valence-electron chi connectivity index (χ4n) is 4.34. The van der Waals surface area contributed by atoms with Gasteiger partial charge in [-0.2, -0.15) is 12.6 Å². The number of halogens is 1. The van der Waals surface area contributed by atoms with E-state index in [1.165, 1.54) is 32.4 Å². The molecule has 0 saturated carbocycles. The van der Waals surface area contributed by atoms with Gasteiger partial charge >= 0.3 is 5.97 Å². The van der Waals surface area contributed by atoms with Crippen molar-refractivity contribution in [1.82, 2.24) is 21.3 Å². The fourth-order valence-corrected chi connectivity index (χ4v) is 4.83. The van der Waals surface area contributed by atoms with Gasteiger partial charge < -0.3 is 35.8 Å². The summed E-state index contributed by atoms with van der Waals surface area (Å²) in [5.41, 5.74) is 1.01. The van der Waals surface area contributed by atoms with E-state index in [1.54, 1.807) is 6.07 Å². The van der Waals surface area contributed by atoms with Crippen molar-refractivity contribution in [2.45, 2.75) is 57.7 Å². The van der Waals surface area contributed by atoms with Crippen molar-refractivity contribution >= 4 is 53.8 Å². The van der Waals surface area contributed by atoms with E-state index in [9.17, 15) is 29.1 Å². The minimum absolute atomic E-state index is 0.00533. The van der Waals surface area contributed by atoms with Crippen LogP contribution in [0.15, 0.2) is 42.5 Å². The predicted octanol–water partition coefficient (Wildman–Crippen LogP) is 2.62. The number of nitrogens with one attached hydrogen (secondary N) is 4. The number of thiol groups is 1. The standard InChI is InChI=1S/C31H41ClN4O8S/c1-18(2)15-23(31(42)36-24(17-45)29(40)33-14-13-19-7-5-6-8-21(19)32)35-30(41)22(10-12-27(37)38)34-28(39)20-9-11-25(43-3)26(16-20)44-4/h5-9,11,16,18,22-24,45H,10,12-15,17H2,1-4H3,(H,33,40)(H,34,39)(H,35,41)(H,36,42)(H,37,38)/t22-,23-,24-/m0/s1. The van der Waals surface area contributed by atoms with Crippen LogP contribution in [0.4, 0.5) is 0 Å². The number of benzene rings is 2. The second-order valence-electron chi connectivity index (χ2n) is 10.6. The van der Waals surface area contributed by atoms with Crippen LogP contribution in [0.3, 0.4) is 0 Å². The van der Waals surface area contributed by atoms with Crippen molar-refractivity contribution < 1.29 is 38.6 Å². The van der Waals surface area contributed by atoms with Gasteiger partial charge in [-0.15, -0.1) is 0 Å². The molecule has 0 bridgehead atoms. The number of rotatable bonds is 18. The molecule has 246 valence electrons. The molecule has 0 aliphatic carbocycles. The number of carbonyl (C=O) groups excluding carboxylic acids is 4. The van der Waals surface area contributed by atoms with Crippen LogP contribution in [-0.2, 0) is 25.6 Å². The number of carbonyl (C=O) groups is 5. The smallest absolute Gasteiger partial charge is 0.303 e. The van der Waals surface area contributed by atoms with Crippen LogP contribution in [0.2, 0.25) is 5.02 Å². The highest BCUT2D eigenvalue weighted by molar-refractivity contribution is 7.80.